The SMILES string of the molecule is CC1CCCC(OCC(O)CNCCCN(C)C(C)C)C1. The second kappa shape index (κ2) is 10.5. The van der Waals surface area contributed by atoms with E-state index in [9.17, 15) is 5.11 Å². The van der Waals surface area contributed by atoms with Crippen LogP contribution in [0, 0.1) is 5.92 Å². The summed E-state index contributed by atoms with van der Waals surface area (Å²) < 4.78 is 5.84. The first-order valence-electron chi connectivity index (χ1n) is 8.69. The molecule has 1 saturated carbocycles. The summed E-state index contributed by atoms with van der Waals surface area (Å²) in [6.07, 6.45) is 6.00. The number of ether oxygens (including phenoxy) is 1. The average molecular weight is 300 g/mol. The summed E-state index contributed by atoms with van der Waals surface area (Å²) >= 11 is 0. The molecule has 0 aromatic heterocycles. The van der Waals surface area contributed by atoms with E-state index >= 15 is 0 Å². The van der Waals surface area contributed by atoms with Crippen LogP contribution in [0.1, 0.15) is 52.9 Å². The Kier molecular flexibility index (Phi) is 9.49. The highest BCUT2D eigenvalue weighted by Crippen LogP contribution is 2.25. The van der Waals surface area contributed by atoms with Crippen LogP contribution in [0.4, 0.5) is 0 Å². The van der Waals surface area contributed by atoms with Gasteiger partial charge in [0, 0.05) is 12.6 Å². The Labute approximate surface area is 131 Å². The van der Waals surface area contributed by atoms with Crippen molar-refractivity contribution in [1.82, 2.24) is 10.2 Å². The molecule has 1 fully saturated rings. The summed E-state index contributed by atoms with van der Waals surface area (Å²) in [5.74, 6) is 0.775. The second-order valence-corrected chi connectivity index (χ2v) is 7.01. The van der Waals surface area contributed by atoms with Crippen molar-refractivity contribution in [2.45, 2.75) is 71.1 Å². The van der Waals surface area contributed by atoms with Gasteiger partial charge in [0.25, 0.3) is 0 Å². The van der Waals surface area contributed by atoms with Gasteiger partial charge < -0.3 is 20.1 Å². The smallest absolute Gasteiger partial charge is 0.0897 e. The van der Waals surface area contributed by atoms with E-state index in [-0.39, 0.29) is 6.10 Å². The van der Waals surface area contributed by atoms with Gasteiger partial charge in [0.1, 0.15) is 0 Å². The number of rotatable bonds is 10. The second-order valence-electron chi connectivity index (χ2n) is 7.01. The van der Waals surface area contributed by atoms with E-state index in [1.54, 1.807) is 0 Å². The lowest BCUT2D eigenvalue weighted by Gasteiger charge is -2.27. The van der Waals surface area contributed by atoms with E-state index < -0.39 is 0 Å². The number of aliphatic hydroxyl groups excluding tert-OH is 1. The molecule has 0 amide bonds. The van der Waals surface area contributed by atoms with E-state index in [1.807, 2.05) is 0 Å². The summed E-state index contributed by atoms with van der Waals surface area (Å²) in [5.41, 5.74) is 0. The highest BCUT2D eigenvalue weighted by Gasteiger charge is 2.20. The predicted octanol–water partition coefficient (Wildman–Crippen LogP) is 2.26. The molecule has 4 heteroatoms. The summed E-state index contributed by atoms with van der Waals surface area (Å²) in [4.78, 5) is 2.34. The average Bonchev–Trinajstić information content (AvgIpc) is 2.44. The molecule has 21 heavy (non-hydrogen) atoms. The maximum atomic E-state index is 9.94. The molecule has 3 unspecified atom stereocenters. The zero-order valence-electron chi connectivity index (χ0n) is 14.5. The molecule has 0 aromatic rings. The van der Waals surface area contributed by atoms with Gasteiger partial charge in [0.05, 0.1) is 18.8 Å². The van der Waals surface area contributed by atoms with Gasteiger partial charge >= 0.3 is 0 Å². The molecule has 2 N–H and O–H groups in total. The molecular weight excluding hydrogens is 264 g/mol. The molecule has 1 aliphatic rings. The van der Waals surface area contributed by atoms with E-state index in [0.29, 0.717) is 25.3 Å². The third-order valence-electron chi connectivity index (χ3n) is 4.54. The van der Waals surface area contributed by atoms with E-state index in [1.165, 1.54) is 12.8 Å². The molecule has 0 aliphatic heterocycles. The van der Waals surface area contributed by atoms with Crippen molar-refractivity contribution >= 4 is 0 Å². The minimum absolute atomic E-state index is 0.364. The summed E-state index contributed by atoms with van der Waals surface area (Å²) in [6, 6.07) is 0.599. The Hall–Kier alpha value is -0.160. The molecule has 0 spiro atoms. The lowest BCUT2D eigenvalue weighted by atomic mass is 9.89. The first-order valence-corrected chi connectivity index (χ1v) is 8.69. The van der Waals surface area contributed by atoms with E-state index in [2.05, 4.69) is 38.0 Å². The topological polar surface area (TPSA) is 44.7 Å². The van der Waals surface area contributed by atoms with E-state index in [4.69, 9.17) is 4.74 Å². The Bertz CT molecular complexity index is 261. The number of aliphatic hydroxyl groups is 1. The van der Waals surface area contributed by atoms with Gasteiger partial charge in [0.2, 0.25) is 0 Å². The summed E-state index contributed by atoms with van der Waals surface area (Å²) in [6.45, 7) is 9.86. The molecule has 0 bridgehead atoms. The van der Waals surface area contributed by atoms with Crippen molar-refractivity contribution in [3.05, 3.63) is 0 Å². The van der Waals surface area contributed by atoms with Crippen LogP contribution in [0.2, 0.25) is 0 Å². The molecule has 0 heterocycles. The Morgan fingerprint density at radius 2 is 2.10 bits per heavy atom. The van der Waals surface area contributed by atoms with Crippen LogP contribution in [-0.4, -0.2) is 61.5 Å². The van der Waals surface area contributed by atoms with E-state index in [0.717, 1.165) is 38.3 Å². The molecule has 0 saturated heterocycles. The molecular formula is C17H36N2O2. The molecule has 126 valence electrons. The van der Waals surface area contributed by atoms with Gasteiger partial charge in [-0.1, -0.05) is 19.8 Å². The normalized spacial score (nSPS) is 24.7. The third-order valence-corrected chi connectivity index (χ3v) is 4.54. The Balaban J connectivity index is 1.97. The predicted molar refractivity (Wildman–Crippen MR) is 88.6 cm³/mol. The first kappa shape index (κ1) is 18.9. The van der Waals surface area contributed by atoms with Crippen LogP contribution in [0.15, 0.2) is 0 Å². The van der Waals surface area contributed by atoms with Crippen molar-refractivity contribution < 1.29 is 9.84 Å². The summed E-state index contributed by atoms with van der Waals surface area (Å²) in [5, 5.41) is 13.3. The number of hydrogen-bond donors (Lipinski definition) is 2. The lowest BCUT2D eigenvalue weighted by molar-refractivity contribution is -0.0305. The largest absolute Gasteiger partial charge is 0.389 e. The van der Waals surface area contributed by atoms with Crippen LogP contribution in [0.5, 0.6) is 0 Å². The zero-order valence-corrected chi connectivity index (χ0v) is 14.5. The van der Waals surface area contributed by atoms with Gasteiger partial charge in [0.15, 0.2) is 0 Å². The summed E-state index contributed by atoms with van der Waals surface area (Å²) in [7, 11) is 2.15. The van der Waals surface area contributed by atoms with Gasteiger partial charge in [-0.15, -0.1) is 0 Å². The minimum atomic E-state index is -0.384. The highest BCUT2D eigenvalue weighted by atomic mass is 16.5. The quantitative estimate of drug-likeness (QED) is 0.608. The third kappa shape index (κ3) is 8.77. The highest BCUT2D eigenvalue weighted by molar-refractivity contribution is 4.71. The number of nitrogens with one attached hydrogen (secondary N) is 1. The zero-order chi connectivity index (χ0) is 15.7. The molecule has 1 rings (SSSR count). The molecule has 0 radical (unpaired) electrons. The number of nitrogens with zero attached hydrogens (tertiary/aromatic N) is 1. The monoisotopic (exact) mass is 300 g/mol. The molecule has 1 aliphatic carbocycles. The van der Waals surface area contributed by atoms with Crippen LogP contribution >= 0.6 is 0 Å². The first-order chi connectivity index (χ1) is 9.99. The molecule has 4 nitrogen and oxygen atoms in total. The van der Waals surface area contributed by atoms with Crippen molar-refractivity contribution in [2.75, 3.05) is 33.3 Å². The van der Waals surface area contributed by atoms with Crippen molar-refractivity contribution in [1.29, 1.82) is 0 Å². The van der Waals surface area contributed by atoms with Crippen LogP contribution < -0.4 is 5.32 Å². The maximum absolute atomic E-state index is 9.94. The van der Waals surface area contributed by atoms with Gasteiger partial charge in [-0.05, 0) is 59.2 Å². The van der Waals surface area contributed by atoms with Crippen molar-refractivity contribution in [3.63, 3.8) is 0 Å². The van der Waals surface area contributed by atoms with Crippen molar-refractivity contribution in [3.8, 4) is 0 Å². The fourth-order valence-corrected chi connectivity index (χ4v) is 2.82. The molecule has 3 atom stereocenters. The Morgan fingerprint density at radius 3 is 2.76 bits per heavy atom. The standard InChI is InChI=1S/C17H36N2O2/c1-14(2)19(4)10-6-9-18-12-16(20)13-21-17-8-5-7-15(3)11-17/h14-18,20H,5-13H2,1-4H3. The van der Waals surface area contributed by atoms with Crippen molar-refractivity contribution in [2.24, 2.45) is 5.92 Å². The maximum Gasteiger partial charge on any atom is 0.0897 e. The van der Waals surface area contributed by atoms with Crippen LogP contribution in [0.25, 0.3) is 0 Å². The fraction of sp³-hybridized carbons (Fsp3) is 1.00. The Morgan fingerprint density at radius 1 is 1.33 bits per heavy atom. The minimum Gasteiger partial charge on any atom is -0.389 e. The fourth-order valence-electron chi connectivity index (χ4n) is 2.82. The van der Waals surface area contributed by atoms with Gasteiger partial charge in [-0.3, -0.25) is 0 Å². The lowest BCUT2D eigenvalue weighted by Crippen LogP contribution is -2.35. The van der Waals surface area contributed by atoms with Gasteiger partial charge in [-0.25, -0.2) is 0 Å². The number of hydrogen-bond acceptors (Lipinski definition) is 4. The molecule has 0 aromatic carbocycles. The van der Waals surface area contributed by atoms with Crippen LogP contribution in [0.3, 0.4) is 0 Å². The van der Waals surface area contributed by atoms with Crippen LogP contribution in [-0.2, 0) is 4.74 Å². The van der Waals surface area contributed by atoms with Gasteiger partial charge in [-0.2, -0.15) is 0 Å².